The number of rotatable bonds is 4. The summed E-state index contributed by atoms with van der Waals surface area (Å²) in [7, 11) is 0. The number of terminal acetylenes is 1. The normalized spacial score (nSPS) is 28.7. The molecule has 21 heavy (non-hydrogen) atoms. The number of carbonyl (C=O) groups excluding carboxylic acids is 2. The number of hydrogen-bond donors (Lipinski definition) is 1. The van der Waals surface area contributed by atoms with Crippen LogP contribution in [0.4, 0.5) is 0 Å². The molecule has 1 aliphatic carbocycles. The minimum absolute atomic E-state index is 0.0249. The summed E-state index contributed by atoms with van der Waals surface area (Å²) in [4.78, 5) is 26.7. The first-order chi connectivity index (χ1) is 10.1. The van der Waals surface area contributed by atoms with Crippen LogP contribution >= 0.6 is 0 Å². The Kier molecular flexibility index (Phi) is 5.81. The molecule has 0 aromatic heterocycles. The van der Waals surface area contributed by atoms with Gasteiger partial charge in [0, 0.05) is 18.4 Å². The number of carbonyl (C=O) groups is 2. The van der Waals surface area contributed by atoms with Gasteiger partial charge in [-0.1, -0.05) is 18.8 Å². The van der Waals surface area contributed by atoms with Crippen LogP contribution in [0.3, 0.4) is 0 Å². The Hall–Kier alpha value is -1.34. The molecular formula is C17H26N2O2. The Morgan fingerprint density at radius 3 is 2.86 bits per heavy atom. The average Bonchev–Trinajstić information content (AvgIpc) is 2.52. The van der Waals surface area contributed by atoms with E-state index < -0.39 is 0 Å². The lowest BCUT2D eigenvalue weighted by molar-refractivity contribution is -0.133. The molecule has 1 N–H and O–H groups in total. The average molecular weight is 290 g/mol. The van der Waals surface area contributed by atoms with Crippen LogP contribution in [0.1, 0.15) is 51.9 Å². The Morgan fingerprint density at radius 1 is 1.38 bits per heavy atom. The molecule has 4 nitrogen and oxygen atoms in total. The fourth-order valence-corrected chi connectivity index (χ4v) is 3.75. The molecule has 2 rings (SSSR count). The summed E-state index contributed by atoms with van der Waals surface area (Å²) in [6, 6.07) is 0.0245. The van der Waals surface area contributed by atoms with E-state index >= 15 is 0 Å². The van der Waals surface area contributed by atoms with Crippen molar-refractivity contribution in [2.45, 2.75) is 64.0 Å². The van der Waals surface area contributed by atoms with Gasteiger partial charge in [-0.2, -0.15) is 0 Å². The summed E-state index contributed by atoms with van der Waals surface area (Å²) in [5.74, 6) is 2.93. The minimum Gasteiger partial charge on any atom is -0.344 e. The van der Waals surface area contributed by atoms with Crippen molar-refractivity contribution in [2.24, 2.45) is 5.92 Å². The molecule has 1 heterocycles. The third kappa shape index (κ3) is 3.85. The number of ketones is 1. The first kappa shape index (κ1) is 16.0. The Bertz CT molecular complexity index is 427. The number of nitrogens with one attached hydrogen (secondary N) is 1. The Morgan fingerprint density at radius 2 is 2.14 bits per heavy atom. The number of nitrogens with zero attached hydrogens (tertiary/aromatic N) is 1. The number of Topliss-reactive ketones (excluding diaryl/α,β-unsaturated/α-hetero) is 1. The van der Waals surface area contributed by atoms with Gasteiger partial charge in [0.05, 0.1) is 12.6 Å². The van der Waals surface area contributed by atoms with Crippen LogP contribution in [0.15, 0.2) is 0 Å². The number of amides is 1. The fourth-order valence-electron chi connectivity index (χ4n) is 3.75. The van der Waals surface area contributed by atoms with Crippen molar-refractivity contribution in [1.82, 2.24) is 10.2 Å². The highest BCUT2D eigenvalue weighted by molar-refractivity contribution is 5.83. The predicted molar refractivity (Wildman–Crippen MR) is 82.6 cm³/mol. The molecule has 0 aromatic rings. The van der Waals surface area contributed by atoms with E-state index in [1.54, 1.807) is 0 Å². The molecule has 0 aromatic carbocycles. The summed E-state index contributed by atoms with van der Waals surface area (Å²) in [6.45, 7) is 3.10. The predicted octanol–water partition coefficient (Wildman–Crippen LogP) is 1.74. The van der Waals surface area contributed by atoms with Crippen molar-refractivity contribution in [3.8, 4) is 12.3 Å². The lowest BCUT2D eigenvalue weighted by atomic mass is 9.78. The summed E-state index contributed by atoms with van der Waals surface area (Å²) in [5, 5.41) is 2.76. The van der Waals surface area contributed by atoms with Gasteiger partial charge in [0.2, 0.25) is 5.91 Å². The van der Waals surface area contributed by atoms with Crippen LogP contribution in [0.5, 0.6) is 0 Å². The van der Waals surface area contributed by atoms with Crippen molar-refractivity contribution < 1.29 is 9.59 Å². The molecule has 2 fully saturated rings. The second kappa shape index (κ2) is 7.61. The smallest absolute Gasteiger partial charge is 0.237 e. The molecule has 4 heteroatoms. The summed E-state index contributed by atoms with van der Waals surface area (Å²) in [5.41, 5.74) is 0. The van der Waals surface area contributed by atoms with E-state index in [0.717, 1.165) is 45.1 Å². The van der Waals surface area contributed by atoms with E-state index in [4.69, 9.17) is 6.42 Å². The zero-order valence-electron chi connectivity index (χ0n) is 12.9. The van der Waals surface area contributed by atoms with Gasteiger partial charge in [-0.15, -0.1) is 6.42 Å². The van der Waals surface area contributed by atoms with E-state index in [2.05, 4.69) is 16.1 Å². The van der Waals surface area contributed by atoms with Gasteiger partial charge in [0.25, 0.3) is 0 Å². The maximum atomic E-state index is 12.2. The zero-order valence-corrected chi connectivity index (χ0v) is 12.9. The highest BCUT2D eigenvalue weighted by atomic mass is 16.2. The molecule has 1 saturated heterocycles. The molecule has 1 aliphatic heterocycles. The van der Waals surface area contributed by atoms with Crippen molar-refractivity contribution >= 4 is 11.7 Å². The lowest BCUT2D eigenvalue weighted by Crippen LogP contribution is -2.55. The topological polar surface area (TPSA) is 49.4 Å². The van der Waals surface area contributed by atoms with Gasteiger partial charge >= 0.3 is 0 Å². The van der Waals surface area contributed by atoms with Crippen molar-refractivity contribution in [3.05, 3.63) is 0 Å². The number of hydrogen-bond acceptors (Lipinski definition) is 3. The van der Waals surface area contributed by atoms with Gasteiger partial charge in [-0.05, 0) is 39.2 Å². The van der Waals surface area contributed by atoms with Crippen molar-refractivity contribution in [3.63, 3.8) is 0 Å². The zero-order chi connectivity index (χ0) is 15.2. The molecule has 1 saturated carbocycles. The van der Waals surface area contributed by atoms with Gasteiger partial charge in [0.15, 0.2) is 0 Å². The van der Waals surface area contributed by atoms with Crippen LogP contribution in [-0.4, -0.2) is 41.8 Å². The molecule has 2 aliphatic rings. The molecule has 3 unspecified atom stereocenters. The van der Waals surface area contributed by atoms with E-state index in [0.29, 0.717) is 12.2 Å². The maximum absolute atomic E-state index is 12.2. The molecule has 0 spiro atoms. The first-order valence-corrected chi connectivity index (χ1v) is 8.14. The van der Waals surface area contributed by atoms with Crippen LogP contribution in [0.2, 0.25) is 0 Å². The van der Waals surface area contributed by atoms with E-state index in [1.807, 2.05) is 6.92 Å². The lowest BCUT2D eigenvalue weighted by Gasteiger charge is -2.43. The summed E-state index contributed by atoms with van der Waals surface area (Å²) in [6.07, 6.45) is 12.3. The van der Waals surface area contributed by atoms with Gasteiger partial charge in [-0.3, -0.25) is 14.5 Å². The van der Waals surface area contributed by atoms with E-state index in [1.165, 1.54) is 0 Å². The first-order valence-electron chi connectivity index (χ1n) is 8.14. The largest absolute Gasteiger partial charge is 0.344 e. The van der Waals surface area contributed by atoms with Gasteiger partial charge in [-0.25, -0.2) is 0 Å². The van der Waals surface area contributed by atoms with Crippen LogP contribution in [0.25, 0.3) is 0 Å². The molecule has 0 radical (unpaired) electrons. The fraction of sp³-hybridized carbons (Fsp3) is 0.765. The molecule has 0 bridgehead atoms. The standard InChI is InChI=1S/C17H26N2O2/c1-3-11-18-17(21)13(2)19-12-7-6-9-15(19)14-8-4-5-10-16(14)20/h1,13-15H,4-12H2,2H3,(H,18,21). The third-order valence-corrected chi connectivity index (χ3v) is 4.90. The monoisotopic (exact) mass is 290 g/mol. The van der Waals surface area contributed by atoms with Crippen molar-refractivity contribution in [2.75, 3.05) is 13.1 Å². The van der Waals surface area contributed by atoms with Crippen molar-refractivity contribution in [1.29, 1.82) is 0 Å². The maximum Gasteiger partial charge on any atom is 0.237 e. The highest BCUT2D eigenvalue weighted by Gasteiger charge is 2.38. The summed E-state index contributed by atoms with van der Waals surface area (Å²) < 4.78 is 0. The number of piperidine rings is 1. The SMILES string of the molecule is C#CCNC(=O)C(C)N1CCCCC1C1CCCCC1=O. The Labute approximate surface area is 127 Å². The van der Waals surface area contributed by atoms with Gasteiger partial charge < -0.3 is 5.32 Å². The van der Waals surface area contributed by atoms with Crippen LogP contribution in [-0.2, 0) is 9.59 Å². The summed E-state index contributed by atoms with van der Waals surface area (Å²) >= 11 is 0. The number of likely N-dealkylation sites (tertiary alicyclic amines) is 1. The second-order valence-electron chi connectivity index (χ2n) is 6.22. The third-order valence-electron chi connectivity index (χ3n) is 4.90. The molecule has 3 atom stereocenters. The molecule has 1 amide bonds. The molecular weight excluding hydrogens is 264 g/mol. The van der Waals surface area contributed by atoms with E-state index in [-0.39, 0.29) is 30.5 Å². The van der Waals surface area contributed by atoms with Gasteiger partial charge in [0.1, 0.15) is 5.78 Å². The Balaban J connectivity index is 2.05. The van der Waals surface area contributed by atoms with Crippen LogP contribution in [0, 0.1) is 18.3 Å². The second-order valence-corrected chi connectivity index (χ2v) is 6.22. The highest BCUT2D eigenvalue weighted by Crippen LogP contribution is 2.32. The molecule has 116 valence electrons. The van der Waals surface area contributed by atoms with Crippen LogP contribution < -0.4 is 5.32 Å². The quantitative estimate of drug-likeness (QED) is 0.802. The minimum atomic E-state index is -0.210. The van der Waals surface area contributed by atoms with E-state index in [9.17, 15) is 9.59 Å².